The Morgan fingerprint density at radius 3 is 2.40 bits per heavy atom. The summed E-state index contributed by atoms with van der Waals surface area (Å²) in [7, 11) is 0. The molecule has 0 radical (unpaired) electrons. The molecule has 110 valence electrons. The fourth-order valence-electron chi connectivity index (χ4n) is 3.14. The van der Waals surface area contributed by atoms with Crippen molar-refractivity contribution in [2.45, 2.75) is 58.0 Å². The third-order valence-corrected chi connectivity index (χ3v) is 4.42. The van der Waals surface area contributed by atoms with Crippen LogP contribution in [0.15, 0.2) is 24.3 Å². The van der Waals surface area contributed by atoms with Crippen molar-refractivity contribution in [3.05, 3.63) is 35.4 Å². The zero-order valence-electron chi connectivity index (χ0n) is 12.7. The van der Waals surface area contributed by atoms with Crippen LogP contribution in [0.3, 0.4) is 0 Å². The summed E-state index contributed by atoms with van der Waals surface area (Å²) < 4.78 is 0. The Balaban J connectivity index is 2.09. The lowest BCUT2D eigenvalue weighted by Gasteiger charge is -2.30. The maximum Gasteiger partial charge on any atom is 0.304 e. The minimum atomic E-state index is -0.691. The van der Waals surface area contributed by atoms with Crippen LogP contribution < -0.4 is 0 Å². The molecule has 2 unspecified atom stereocenters. The molecule has 0 amide bonds. The lowest BCUT2D eigenvalue weighted by Crippen LogP contribution is -2.33. The Morgan fingerprint density at radius 2 is 1.85 bits per heavy atom. The summed E-state index contributed by atoms with van der Waals surface area (Å²) in [5.74, 6) is -0.143. The number of aliphatic carboxylic acids is 1. The van der Waals surface area contributed by atoms with E-state index in [4.69, 9.17) is 5.11 Å². The summed E-state index contributed by atoms with van der Waals surface area (Å²) in [5.41, 5.74) is 2.64. The molecule has 1 aliphatic heterocycles. The van der Waals surface area contributed by atoms with Crippen LogP contribution >= 0.6 is 0 Å². The van der Waals surface area contributed by atoms with Gasteiger partial charge in [0, 0.05) is 12.1 Å². The molecule has 3 heteroatoms. The number of benzene rings is 1. The summed E-state index contributed by atoms with van der Waals surface area (Å²) in [6.45, 7) is 7.58. The molecular weight excluding hydrogens is 250 g/mol. The van der Waals surface area contributed by atoms with Crippen molar-refractivity contribution >= 4 is 5.97 Å². The smallest absolute Gasteiger partial charge is 0.304 e. The highest BCUT2D eigenvalue weighted by molar-refractivity contribution is 5.67. The Hall–Kier alpha value is -1.35. The van der Waals surface area contributed by atoms with Gasteiger partial charge in [0.05, 0.1) is 6.42 Å². The van der Waals surface area contributed by atoms with E-state index in [1.165, 1.54) is 11.1 Å². The quantitative estimate of drug-likeness (QED) is 0.888. The van der Waals surface area contributed by atoms with E-state index < -0.39 is 5.97 Å². The van der Waals surface area contributed by atoms with Gasteiger partial charge >= 0.3 is 5.97 Å². The molecule has 1 aromatic rings. The van der Waals surface area contributed by atoms with Crippen molar-refractivity contribution < 1.29 is 9.90 Å². The largest absolute Gasteiger partial charge is 0.481 e. The van der Waals surface area contributed by atoms with Gasteiger partial charge in [-0.25, -0.2) is 0 Å². The summed E-state index contributed by atoms with van der Waals surface area (Å²) in [6, 6.07) is 9.25. The van der Waals surface area contributed by atoms with E-state index in [0.717, 1.165) is 19.4 Å². The molecule has 1 saturated heterocycles. The molecule has 2 rings (SSSR count). The van der Waals surface area contributed by atoms with Crippen LogP contribution in [0.4, 0.5) is 0 Å². The van der Waals surface area contributed by atoms with Crippen LogP contribution in [0.25, 0.3) is 0 Å². The minimum Gasteiger partial charge on any atom is -0.481 e. The number of carboxylic acids is 1. The van der Waals surface area contributed by atoms with Gasteiger partial charge in [0.2, 0.25) is 0 Å². The van der Waals surface area contributed by atoms with Crippen LogP contribution in [-0.4, -0.2) is 28.6 Å². The second kappa shape index (κ2) is 6.40. The number of hydrogen-bond donors (Lipinski definition) is 1. The number of nitrogens with zero attached hydrogens (tertiary/aromatic N) is 1. The summed E-state index contributed by atoms with van der Waals surface area (Å²) in [6.07, 6.45) is 2.36. The molecule has 1 N–H and O–H groups in total. The van der Waals surface area contributed by atoms with Crippen LogP contribution in [0.5, 0.6) is 0 Å². The minimum absolute atomic E-state index is 0.187. The maximum absolute atomic E-state index is 11.0. The number of rotatable bonds is 5. The van der Waals surface area contributed by atoms with Crippen molar-refractivity contribution in [1.29, 1.82) is 0 Å². The van der Waals surface area contributed by atoms with Gasteiger partial charge in [-0.3, -0.25) is 9.69 Å². The lowest BCUT2D eigenvalue weighted by molar-refractivity contribution is -0.138. The van der Waals surface area contributed by atoms with Crippen LogP contribution in [0.2, 0.25) is 0 Å². The molecule has 20 heavy (non-hydrogen) atoms. The second-order valence-corrected chi connectivity index (χ2v) is 6.13. The van der Waals surface area contributed by atoms with E-state index in [9.17, 15) is 4.79 Å². The van der Waals surface area contributed by atoms with E-state index in [2.05, 4.69) is 49.9 Å². The highest BCUT2D eigenvalue weighted by Crippen LogP contribution is 2.31. The van der Waals surface area contributed by atoms with Gasteiger partial charge in [0.1, 0.15) is 0 Å². The number of hydrogen-bond acceptors (Lipinski definition) is 2. The number of likely N-dealkylation sites (tertiary alicyclic amines) is 1. The molecule has 1 fully saturated rings. The fraction of sp³-hybridized carbons (Fsp3) is 0.588. The van der Waals surface area contributed by atoms with Gasteiger partial charge < -0.3 is 5.11 Å². The van der Waals surface area contributed by atoms with E-state index in [1.807, 2.05) is 0 Å². The average molecular weight is 275 g/mol. The second-order valence-electron chi connectivity index (χ2n) is 6.13. The predicted octanol–water partition coefficient (Wildman–Crippen LogP) is 3.81. The average Bonchev–Trinajstić information content (AvgIpc) is 2.85. The lowest BCUT2D eigenvalue weighted by atomic mass is 9.98. The first kappa shape index (κ1) is 15.0. The van der Waals surface area contributed by atoms with Crippen molar-refractivity contribution in [2.24, 2.45) is 0 Å². The Bertz CT molecular complexity index is 453. The first-order chi connectivity index (χ1) is 9.49. The monoisotopic (exact) mass is 275 g/mol. The molecular formula is C17H25NO2. The van der Waals surface area contributed by atoms with Crippen molar-refractivity contribution in [2.75, 3.05) is 6.54 Å². The van der Waals surface area contributed by atoms with E-state index in [1.54, 1.807) is 0 Å². The zero-order chi connectivity index (χ0) is 14.7. The topological polar surface area (TPSA) is 40.5 Å². The molecule has 1 aliphatic rings. The summed E-state index contributed by atoms with van der Waals surface area (Å²) in [4.78, 5) is 13.3. The number of carbonyl (C=O) groups is 1. The van der Waals surface area contributed by atoms with Gasteiger partial charge in [0.25, 0.3) is 0 Å². The van der Waals surface area contributed by atoms with E-state index in [0.29, 0.717) is 12.0 Å². The molecule has 0 aliphatic carbocycles. The third-order valence-electron chi connectivity index (χ3n) is 4.42. The fourth-order valence-corrected chi connectivity index (χ4v) is 3.14. The van der Waals surface area contributed by atoms with Crippen molar-refractivity contribution in [1.82, 2.24) is 4.90 Å². The number of carboxylic acid groups (broad SMARTS) is 1. The first-order valence-electron chi connectivity index (χ1n) is 7.56. The molecule has 1 heterocycles. The molecule has 1 aromatic carbocycles. The Kier molecular flexibility index (Phi) is 4.81. The van der Waals surface area contributed by atoms with Crippen molar-refractivity contribution in [3.8, 4) is 0 Å². The zero-order valence-corrected chi connectivity index (χ0v) is 12.7. The molecule has 3 nitrogen and oxygen atoms in total. The van der Waals surface area contributed by atoms with Gasteiger partial charge in [-0.2, -0.15) is 0 Å². The maximum atomic E-state index is 11.0. The van der Waals surface area contributed by atoms with E-state index in [-0.39, 0.29) is 12.5 Å². The molecule has 0 spiro atoms. The molecule has 0 saturated carbocycles. The SMILES string of the molecule is CC(C)c1ccc(C(C)N2CCCC2CC(=O)O)cc1. The van der Waals surface area contributed by atoms with E-state index >= 15 is 0 Å². The first-order valence-corrected chi connectivity index (χ1v) is 7.56. The molecule has 2 atom stereocenters. The Morgan fingerprint density at radius 1 is 1.25 bits per heavy atom. The van der Waals surface area contributed by atoms with Gasteiger partial charge in [-0.1, -0.05) is 38.1 Å². The van der Waals surface area contributed by atoms with Gasteiger partial charge in [-0.15, -0.1) is 0 Å². The standard InChI is InChI=1S/C17H25NO2/c1-12(2)14-6-8-15(9-7-14)13(3)18-10-4-5-16(18)11-17(19)20/h6-9,12-13,16H,4-5,10-11H2,1-3H3,(H,19,20). The van der Waals surface area contributed by atoms with Crippen molar-refractivity contribution in [3.63, 3.8) is 0 Å². The van der Waals surface area contributed by atoms with Gasteiger partial charge in [0.15, 0.2) is 0 Å². The normalized spacial score (nSPS) is 21.3. The highest BCUT2D eigenvalue weighted by Gasteiger charge is 2.30. The summed E-state index contributed by atoms with van der Waals surface area (Å²) in [5, 5.41) is 9.01. The highest BCUT2D eigenvalue weighted by atomic mass is 16.4. The molecule has 0 aromatic heterocycles. The third kappa shape index (κ3) is 3.40. The van der Waals surface area contributed by atoms with Crippen LogP contribution in [0, 0.1) is 0 Å². The molecule has 0 bridgehead atoms. The predicted molar refractivity (Wildman–Crippen MR) is 80.9 cm³/mol. The van der Waals surface area contributed by atoms with Crippen LogP contribution in [0.1, 0.15) is 63.1 Å². The van der Waals surface area contributed by atoms with Gasteiger partial charge in [-0.05, 0) is 43.4 Å². The summed E-state index contributed by atoms with van der Waals surface area (Å²) >= 11 is 0. The Labute approximate surface area is 121 Å². The van der Waals surface area contributed by atoms with Crippen LogP contribution in [-0.2, 0) is 4.79 Å².